The van der Waals surface area contributed by atoms with Crippen molar-refractivity contribution >= 4 is 5.97 Å². The summed E-state index contributed by atoms with van der Waals surface area (Å²) >= 11 is 0. The number of nitrogens with one attached hydrogen (secondary N) is 1. The summed E-state index contributed by atoms with van der Waals surface area (Å²) in [5.41, 5.74) is -0.943. The summed E-state index contributed by atoms with van der Waals surface area (Å²) < 4.78 is 10.4. The van der Waals surface area contributed by atoms with Gasteiger partial charge in [-0.2, -0.15) is 0 Å². The van der Waals surface area contributed by atoms with Gasteiger partial charge in [-0.25, -0.2) is 0 Å². The van der Waals surface area contributed by atoms with Crippen LogP contribution in [0, 0.1) is 0 Å². The first-order valence-corrected chi connectivity index (χ1v) is 5.93. The van der Waals surface area contributed by atoms with Gasteiger partial charge >= 0.3 is 5.97 Å². The Kier molecular flexibility index (Phi) is 7.34. The second-order valence-corrected chi connectivity index (χ2v) is 4.82. The fourth-order valence-corrected chi connectivity index (χ4v) is 1.63. The predicted octanol–water partition coefficient (Wildman–Crippen LogP) is 1.27. The lowest BCUT2D eigenvalue weighted by atomic mass is 9.97. The normalized spacial score (nSPS) is 16.8. The van der Waals surface area contributed by atoms with Crippen LogP contribution >= 0.6 is 0 Å². The molecule has 0 saturated heterocycles. The smallest absolute Gasteiger partial charge is 0.323 e. The fraction of sp³-hybridized carbons (Fsp3) is 0.917. The molecule has 0 aliphatic heterocycles. The molecule has 0 aliphatic carbocycles. The number of carbonyl (C=O) groups is 1. The summed E-state index contributed by atoms with van der Waals surface area (Å²) in [5.74, 6) is -0.853. The molecule has 5 heteroatoms. The topological polar surface area (TPSA) is 67.8 Å². The molecule has 0 saturated carbocycles. The number of ether oxygens (including phenoxy) is 2. The lowest BCUT2D eigenvalue weighted by molar-refractivity contribution is -0.145. The fourth-order valence-electron chi connectivity index (χ4n) is 1.63. The van der Waals surface area contributed by atoms with Crippen molar-refractivity contribution in [2.45, 2.75) is 51.8 Å². The first-order valence-electron chi connectivity index (χ1n) is 5.93. The second-order valence-electron chi connectivity index (χ2n) is 4.82. The van der Waals surface area contributed by atoms with Crippen LogP contribution in [0.5, 0.6) is 0 Å². The zero-order chi connectivity index (χ0) is 13.5. The zero-order valence-corrected chi connectivity index (χ0v) is 11.4. The number of methoxy groups -OCH3 is 1. The SMILES string of the molecule is COCC(C)OCCC(C)(NC(C)C)C(=O)O. The number of hydrogen-bond donors (Lipinski definition) is 2. The van der Waals surface area contributed by atoms with E-state index in [0.717, 1.165) is 0 Å². The molecule has 0 heterocycles. The lowest BCUT2D eigenvalue weighted by Crippen LogP contribution is -2.53. The summed E-state index contributed by atoms with van der Waals surface area (Å²) in [5, 5.41) is 12.3. The van der Waals surface area contributed by atoms with Crippen LogP contribution < -0.4 is 5.32 Å². The van der Waals surface area contributed by atoms with E-state index in [1.165, 1.54) is 0 Å². The highest BCUT2D eigenvalue weighted by Gasteiger charge is 2.33. The van der Waals surface area contributed by atoms with Crippen molar-refractivity contribution in [2.24, 2.45) is 0 Å². The molecule has 0 aromatic rings. The second kappa shape index (κ2) is 7.63. The highest BCUT2D eigenvalue weighted by atomic mass is 16.5. The maximum absolute atomic E-state index is 11.2. The minimum absolute atomic E-state index is 0.0166. The molecule has 0 amide bonds. The van der Waals surface area contributed by atoms with Gasteiger partial charge < -0.3 is 14.6 Å². The molecule has 0 rings (SSSR count). The van der Waals surface area contributed by atoms with E-state index >= 15 is 0 Å². The Hall–Kier alpha value is -0.650. The summed E-state index contributed by atoms with van der Waals surface area (Å²) in [4.78, 5) is 11.2. The molecule has 5 nitrogen and oxygen atoms in total. The first kappa shape index (κ1) is 16.4. The summed E-state index contributed by atoms with van der Waals surface area (Å²) in [6.07, 6.45) is 0.409. The van der Waals surface area contributed by atoms with Crippen molar-refractivity contribution in [1.82, 2.24) is 5.32 Å². The van der Waals surface area contributed by atoms with Crippen molar-refractivity contribution in [1.29, 1.82) is 0 Å². The quantitative estimate of drug-likeness (QED) is 0.642. The van der Waals surface area contributed by atoms with Crippen LogP contribution in [0.3, 0.4) is 0 Å². The maximum Gasteiger partial charge on any atom is 0.323 e. The number of rotatable bonds is 9. The molecule has 2 unspecified atom stereocenters. The Balaban J connectivity index is 4.14. The van der Waals surface area contributed by atoms with Gasteiger partial charge in [-0.1, -0.05) is 0 Å². The summed E-state index contributed by atoms with van der Waals surface area (Å²) in [7, 11) is 1.61. The zero-order valence-electron chi connectivity index (χ0n) is 11.4. The number of carboxylic acid groups (broad SMARTS) is 1. The van der Waals surface area contributed by atoms with Crippen molar-refractivity contribution in [3.8, 4) is 0 Å². The third kappa shape index (κ3) is 6.61. The van der Waals surface area contributed by atoms with E-state index in [4.69, 9.17) is 9.47 Å². The van der Waals surface area contributed by atoms with Crippen LogP contribution in [0.15, 0.2) is 0 Å². The molecule has 0 bridgehead atoms. The Labute approximate surface area is 103 Å². The molecule has 0 aromatic carbocycles. The van der Waals surface area contributed by atoms with E-state index in [1.54, 1.807) is 14.0 Å². The van der Waals surface area contributed by atoms with Crippen LogP contribution in [0.25, 0.3) is 0 Å². The van der Waals surface area contributed by atoms with E-state index in [-0.39, 0.29) is 12.1 Å². The average molecular weight is 247 g/mol. The van der Waals surface area contributed by atoms with Gasteiger partial charge in [0.15, 0.2) is 0 Å². The van der Waals surface area contributed by atoms with Gasteiger partial charge in [0.25, 0.3) is 0 Å². The largest absolute Gasteiger partial charge is 0.480 e. The Morgan fingerprint density at radius 1 is 1.41 bits per heavy atom. The van der Waals surface area contributed by atoms with Crippen LogP contribution in [0.1, 0.15) is 34.1 Å². The minimum Gasteiger partial charge on any atom is -0.480 e. The van der Waals surface area contributed by atoms with E-state index in [0.29, 0.717) is 19.6 Å². The molecule has 0 radical (unpaired) electrons. The number of carboxylic acids is 1. The van der Waals surface area contributed by atoms with Gasteiger partial charge in [-0.3, -0.25) is 10.1 Å². The highest BCUT2D eigenvalue weighted by Crippen LogP contribution is 2.12. The third-order valence-corrected chi connectivity index (χ3v) is 2.49. The van der Waals surface area contributed by atoms with E-state index in [2.05, 4.69) is 5.32 Å². The number of aliphatic carboxylic acids is 1. The Bertz CT molecular complexity index is 233. The van der Waals surface area contributed by atoms with Crippen molar-refractivity contribution in [3.05, 3.63) is 0 Å². The molecule has 17 heavy (non-hydrogen) atoms. The third-order valence-electron chi connectivity index (χ3n) is 2.49. The summed E-state index contributed by atoms with van der Waals surface area (Å²) in [6.45, 7) is 8.34. The Morgan fingerprint density at radius 3 is 2.41 bits per heavy atom. The average Bonchev–Trinajstić information content (AvgIpc) is 2.16. The molecule has 0 spiro atoms. The monoisotopic (exact) mass is 247 g/mol. The van der Waals surface area contributed by atoms with E-state index < -0.39 is 11.5 Å². The first-order chi connectivity index (χ1) is 7.81. The van der Waals surface area contributed by atoms with Crippen molar-refractivity contribution in [2.75, 3.05) is 20.3 Å². The van der Waals surface area contributed by atoms with E-state index in [9.17, 15) is 9.90 Å². The van der Waals surface area contributed by atoms with Gasteiger partial charge in [0.1, 0.15) is 5.54 Å². The molecule has 2 N–H and O–H groups in total. The van der Waals surface area contributed by atoms with Gasteiger partial charge in [-0.05, 0) is 34.1 Å². The molecule has 102 valence electrons. The Morgan fingerprint density at radius 2 is 2.00 bits per heavy atom. The van der Waals surface area contributed by atoms with Crippen molar-refractivity contribution < 1.29 is 19.4 Å². The highest BCUT2D eigenvalue weighted by molar-refractivity contribution is 5.78. The van der Waals surface area contributed by atoms with Gasteiger partial charge in [0, 0.05) is 19.8 Å². The summed E-state index contributed by atoms with van der Waals surface area (Å²) in [6, 6.07) is 0.118. The van der Waals surface area contributed by atoms with Gasteiger partial charge in [0.2, 0.25) is 0 Å². The van der Waals surface area contributed by atoms with Gasteiger partial charge in [-0.15, -0.1) is 0 Å². The predicted molar refractivity (Wildman–Crippen MR) is 66.2 cm³/mol. The molecular formula is C12H25NO4. The van der Waals surface area contributed by atoms with Gasteiger partial charge in [0.05, 0.1) is 12.7 Å². The molecule has 2 atom stereocenters. The van der Waals surface area contributed by atoms with Crippen LogP contribution in [0.4, 0.5) is 0 Å². The van der Waals surface area contributed by atoms with E-state index in [1.807, 2.05) is 20.8 Å². The standard InChI is InChI=1S/C12H25NO4/c1-9(2)13-12(4,11(14)15)6-7-17-10(3)8-16-5/h9-10,13H,6-8H2,1-5H3,(H,14,15). The van der Waals surface area contributed by atoms with Crippen LogP contribution in [-0.4, -0.2) is 49.1 Å². The van der Waals surface area contributed by atoms with Crippen LogP contribution in [0.2, 0.25) is 0 Å². The van der Waals surface area contributed by atoms with Crippen LogP contribution in [-0.2, 0) is 14.3 Å². The molecule has 0 aliphatic rings. The molecule has 0 fully saturated rings. The maximum atomic E-state index is 11.2. The lowest BCUT2D eigenvalue weighted by Gasteiger charge is -2.29. The minimum atomic E-state index is -0.943. The molecule has 0 aromatic heterocycles. The van der Waals surface area contributed by atoms with Crippen molar-refractivity contribution in [3.63, 3.8) is 0 Å². The molecular weight excluding hydrogens is 222 g/mol. The number of hydrogen-bond acceptors (Lipinski definition) is 4.